The normalized spacial score (nSPS) is 12.9. The van der Waals surface area contributed by atoms with E-state index in [1.54, 1.807) is 19.6 Å². The smallest absolute Gasteiger partial charge is 0.188 e. The van der Waals surface area contributed by atoms with E-state index < -0.39 is 0 Å². The average Bonchev–Trinajstić information content (AvgIpc) is 2.77. The maximum absolute atomic E-state index is 5.73. The van der Waals surface area contributed by atoms with Crippen molar-refractivity contribution in [3.63, 3.8) is 0 Å². The number of guanidine groups is 1. The van der Waals surface area contributed by atoms with E-state index >= 15 is 0 Å². The van der Waals surface area contributed by atoms with E-state index in [0.717, 1.165) is 13.0 Å². The Kier molecular flexibility index (Phi) is 9.66. The molecule has 0 spiro atoms. The highest BCUT2D eigenvalue weighted by Gasteiger charge is 2.00. The summed E-state index contributed by atoms with van der Waals surface area (Å²) in [7, 11) is 1.66. The van der Waals surface area contributed by atoms with Crippen LogP contribution in [0.25, 0.3) is 0 Å². The van der Waals surface area contributed by atoms with Crippen molar-refractivity contribution in [3.05, 3.63) is 18.7 Å². The van der Waals surface area contributed by atoms with Crippen molar-refractivity contribution in [1.82, 2.24) is 14.9 Å². The van der Waals surface area contributed by atoms with Crippen molar-refractivity contribution in [2.24, 2.45) is 10.7 Å². The van der Waals surface area contributed by atoms with Crippen LogP contribution in [0.1, 0.15) is 13.3 Å². The van der Waals surface area contributed by atoms with Gasteiger partial charge in [0.25, 0.3) is 0 Å². The third-order valence-electron chi connectivity index (χ3n) is 2.23. The lowest BCUT2D eigenvalue weighted by Gasteiger charge is -2.12. The van der Waals surface area contributed by atoms with Crippen LogP contribution in [0.2, 0.25) is 0 Å². The highest BCUT2D eigenvalue weighted by atomic mass is 127. The number of hydrogen-bond acceptors (Lipinski definition) is 3. The molecule has 1 unspecified atom stereocenters. The Morgan fingerprint density at radius 3 is 3.00 bits per heavy atom. The maximum Gasteiger partial charge on any atom is 0.188 e. The van der Waals surface area contributed by atoms with E-state index in [0.29, 0.717) is 19.1 Å². The first kappa shape index (κ1) is 17.2. The molecule has 104 valence electrons. The lowest BCUT2D eigenvalue weighted by molar-refractivity contribution is 0.179. The van der Waals surface area contributed by atoms with Crippen molar-refractivity contribution in [2.75, 3.05) is 20.3 Å². The number of aliphatic imine (C=N–C) groups is 1. The molecular formula is C11H22IN5O. The van der Waals surface area contributed by atoms with Crippen molar-refractivity contribution in [3.8, 4) is 0 Å². The van der Waals surface area contributed by atoms with Crippen LogP contribution in [0.15, 0.2) is 23.7 Å². The second-order valence-corrected chi connectivity index (χ2v) is 3.92. The molecule has 0 bridgehead atoms. The highest BCUT2D eigenvalue weighted by molar-refractivity contribution is 14.0. The Balaban J connectivity index is 0.00000289. The molecule has 3 N–H and O–H groups in total. The van der Waals surface area contributed by atoms with E-state index in [9.17, 15) is 0 Å². The molecule has 1 atom stereocenters. The lowest BCUT2D eigenvalue weighted by Crippen LogP contribution is -2.40. The fraction of sp³-hybridized carbons (Fsp3) is 0.636. The van der Waals surface area contributed by atoms with Crippen LogP contribution < -0.4 is 11.1 Å². The topological polar surface area (TPSA) is 77.5 Å². The van der Waals surface area contributed by atoms with Crippen LogP contribution in [0, 0.1) is 0 Å². The molecule has 18 heavy (non-hydrogen) atoms. The first-order valence-electron chi connectivity index (χ1n) is 5.73. The minimum atomic E-state index is 0. The van der Waals surface area contributed by atoms with Gasteiger partial charge >= 0.3 is 0 Å². The summed E-state index contributed by atoms with van der Waals surface area (Å²) in [5.74, 6) is 0.472. The molecule has 0 aliphatic carbocycles. The van der Waals surface area contributed by atoms with Crippen LogP contribution in [0.5, 0.6) is 0 Å². The largest absolute Gasteiger partial charge is 0.383 e. The first-order chi connectivity index (χ1) is 8.22. The SMILES string of the molecule is COCC(C)NC(N)=NCCCn1ccnc1.I. The zero-order chi connectivity index (χ0) is 12.5. The van der Waals surface area contributed by atoms with Gasteiger partial charge in [-0.2, -0.15) is 0 Å². The molecule has 1 aromatic heterocycles. The van der Waals surface area contributed by atoms with Gasteiger partial charge in [0.2, 0.25) is 0 Å². The zero-order valence-electron chi connectivity index (χ0n) is 10.9. The third kappa shape index (κ3) is 7.49. The van der Waals surface area contributed by atoms with Crippen molar-refractivity contribution in [2.45, 2.75) is 25.9 Å². The van der Waals surface area contributed by atoms with Crippen molar-refractivity contribution >= 4 is 29.9 Å². The van der Waals surface area contributed by atoms with Gasteiger partial charge in [-0.05, 0) is 13.3 Å². The van der Waals surface area contributed by atoms with Gasteiger partial charge in [0, 0.05) is 38.6 Å². The summed E-state index contributed by atoms with van der Waals surface area (Å²) in [6, 6.07) is 0.178. The first-order valence-corrected chi connectivity index (χ1v) is 5.73. The predicted molar refractivity (Wildman–Crippen MR) is 83.2 cm³/mol. The van der Waals surface area contributed by atoms with E-state index in [1.807, 2.05) is 17.7 Å². The van der Waals surface area contributed by atoms with E-state index in [2.05, 4.69) is 15.3 Å². The second kappa shape index (κ2) is 10.1. The van der Waals surface area contributed by atoms with Gasteiger partial charge in [-0.3, -0.25) is 4.99 Å². The molecule has 1 heterocycles. The molecule has 0 aromatic carbocycles. The zero-order valence-corrected chi connectivity index (χ0v) is 13.2. The van der Waals surface area contributed by atoms with Crippen molar-refractivity contribution < 1.29 is 4.74 Å². The molecule has 7 heteroatoms. The second-order valence-electron chi connectivity index (χ2n) is 3.92. The molecule has 0 saturated carbocycles. The quantitative estimate of drug-likeness (QED) is 0.324. The molecule has 0 aliphatic heterocycles. The fourth-order valence-corrected chi connectivity index (χ4v) is 1.46. The Bertz CT molecular complexity index is 328. The molecule has 1 rings (SSSR count). The highest BCUT2D eigenvalue weighted by Crippen LogP contribution is 1.91. The number of nitrogens with one attached hydrogen (secondary N) is 1. The molecule has 0 fully saturated rings. The number of nitrogens with two attached hydrogens (primary N) is 1. The summed E-state index contributed by atoms with van der Waals surface area (Å²) in [5, 5.41) is 3.06. The summed E-state index contributed by atoms with van der Waals surface area (Å²) in [5.41, 5.74) is 5.73. The Morgan fingerprint density at radius 2 is 2.39 bits per heavy atom. The van der Waals surface area contributed by atoms with Gasteiger partial charge in [-0.1, -0.05) is 0 Å². The van der Waals surface area contributed by atoms with Gasteiger partial charge < -0.3 is 20.4 Å². The lowest BCUT2D eigenvalue weighted by atomic mass is 10.4. The summed E-state index contributed by atoms with van der Waals surface area (Å²) in [6.45, 7) is 4.23. The molecule has 0 saturated heterocycles. The van der Waals surface area contributed by atoms with Crippen LogP contribution >= 0.6 is 24.0 Å². The number of imidazole rings is 1. The Labute approximate surface area is 125 Å². The molecule has 0 aliphatic rings. The van der Waals surface area contributed by atoms with Gasteiger partial charge in [0.05, 0.1) is 12.9 Å². The summed E-state index contributed by atoms with van der Waals surface area (Å²) in [6.07, 6.45) is 6.45. The van der Waals surface area contributed by atoms with Gasteiger partial charge in [-0.25, -0.2) is 4.98 Å². The van der Waals surface area contributed by atoms with Gasteiger partial charge in [0.15, 0.2) is 5.96 Å². The molecule has 1 aromatic rings. The van der Waals surface area contributed by atoms with Gasteiger partial charge in [0.1, 0.15) is 0 Å². The Morgan fingerprint density at radius 1 is 1.61 bits per heavy atom. The van der Waals surface area contributed by atoms with Crippen LogP contribution in [-0.4, -0.2) is 41.8 Å². The fourth-order valence-electron chi connectivity index (χ4n) is 1.46. The number of ether oxygens (including phenoxy) is 1. The number of nitrogens with zero attached hydrogens (tertiary/aromatic N) is 3. The summed E-state index contributed by atoms with van der Waals surface area (Å²) >= 11 is 0. The monoisotopic (exact) mass is 367 g/mol. The number of methoxy groups -OCH3 is 1. The predicted octanol–water partition coefficient (Wildman–Crippen LogP) is 0.830. The number of aryl methyl sites for hydroxylation is 1. The maximum atomic E-state index is 5.73. The molecule has 0 amide bonds. The molecule has 0 radical (unpaired) electrons. The van der Waals surface area contributed by atoms with Crippen LogP contribution in [0.4, 0.5) is 0 Å². The van der Waals surface area contributed by atoms with Gasteiger partial charge in [-0.15, -0.1) is 24.0 Å². The summed E-state index contributed by atoms with van der Waals surface area (Å²) in [4.78, 5) is 8.21. The van der Waals surface area contributed by atoms with Crippen LogP contribution in [-0.2, 0) is 11.3 Å². The average molecular weight is 367 g/mol. The molecule has 6 nitrogen and oxygen atoms in total. The number of halogens is 1. The van der Waals surface area contributed by atoms with E-state index in [-0.39, 0.29) is 30.0 Å². The standard InChI is InChI=1S/C11H21N5O.HI/c1-10(8-17-2)15-11(12)14-4-3-6-16-7-5-13-9-16;/h5,7,9-10H,3-4,6,8H2,1-2H3,(H3,12,14,15);1H. The number of hydrogen-bond donors (Lipinski definition) is 2. The minimum absolute atomic E-state index is 0. The van der Waals surface area contributed by atoms with E-state index in [4.69, 9.17) is 10.5 Å². The minimum Gasteiger partial charge on any atom is -0.383 e. The molecular weight excluding hydrogens is 345 g/mol. The van der Waals surface area contributed by atoms with E-state index in [1.165, 1.54) is 0 Å². The third-order valence-corrected chi connectivity index (χ3v) is 2.23. The van der Waals surface area contributed by atoms with Crippen LogP contribution in [0.3, 0.4) is 0 Å². The Hall–Kier alpha value is -0.830. The number of aromatic nitrogens is 2. The summed E-state index contributed by atoms with van der Waals surface area (Å²) < 4.78 is 7.02. The number of rotatable bonds is 7. The van der Waals surface area contributed by atoms with Crippen molar-refractivity contribution in [1.29, 1.82) is 0 Å².